The van der Waals surface area contributed by atoms with Gasteiger partial charge in [-0.2, -0.15) is 0 Å². The van der Waals surface area contributed by atoms with Crippen molar-refractivity contribution in [3.63, 3.8) is 0 Å². The average molecular weight is 257 g/mol. The molecule has 0 spiro atoms. The fourth-order valence-electron chi connectivity index (χ4n) is 2.03. The summed E-state index contributed by atoms with van der Waals surface area (Å²) in [4.78, 5) is 14.9. The third kappa shape index (κ3) is 2.12. The van der Waals surface area contributed by atoms with Crippen molar-refractivity contribution in [1.29, 1.82) is 0 Å². The fraction of sp³-hybridized carbons (Fsp3) is 0. The van der Waals surface area contributed by atoms with Gasteiger partial charge in [0.2, 0.25) is 0 Å². The van der Waals surface area contributed by atoms with Crippen molar-refractivity contribution in [1.82, 2.24) is 4.98 Å². The molecule has 0 unspecified atom stereocenters. The summed E-state index contributed by atoms with van der Waals surface area (Å²) in [6.45, 7) is 0. The van der Waals surface area contributed by atoms with Gasteiger partial charge in [-0.3, -0.25) is 4.79 Å². The lowest BCUT2D eigenvalue weighted by atomic mass is 10.1. The summed E-state index contributed by atoms with van der Waals surface area (Å²) < 4.78 is 26.3. The molecule has 4 heteroatoms. The maximum absolute atomic E-state index is 13.2. The number of hydrogen-bond acceptors (Lipinski definition) is 1. The molecule has 3 aromatic rings. The predicted octanol–water partition coefficient (Wildman–Crippen LogP) is 3.47. The van der Waals surface area contributed by atoms with E-state index in [1.165, 1.54) is 36.4 Å². The summed E-state index contributed by atoms with van der Waals surface area (Å²) >= 11 is 0. The number of nitrogens with one attached hydrogen (secondary N) is 1. The molecule has 3 rings (SSSR count). The Morgan fingerprint density at radius 2 is 1.68 bits per heavy atom. The van der Waals surface area contributed by atoms with Crippen LogP contribution in [-0.2, 0) is 0 Å². The number of aromatic nitrogens is 1. The van der Waals surface area contributed by atoms with Crippen molar-refractivity contribution in [3.05, 3.63) is 70.4 Å². The summed E-state index contributed by atoms with van der Waals surface area (Å²) in [5, 5.41) is 0.278. The second kappa shape index (κ2) is 4.31. The Bertz CT molecular complexity index is 824. The van der Waals surface area contributed by atoms with E-state index in [9.17, 15) is 13.6 Å². The number of aromatic amines is 1. The highest BCUT2D eigenvalue weighted by Gasteiger charge is 2.06. The molecule has 19 heavy (non-hydrogen) atoms. The van der Waals surface area contributed by atoms with Gasteiger partial charge in [-0.15, -0.1) is 0 Å². The molecule has 1 N–H and O–H groups in total. The molecule has 1 aromatic heterocycles. The molecular formula is C15H9F2NO. The third-order valence-corrected chi connectivity index (χ3v) is 2.93. The van der Waals surface area contributed by atoms with E-state index in [0.717, 1.165) is 0 Å². The Balaban J connectivity index is 2.27. The molecule has 0 aliphatic rings. The number of pyridine rings is 1. The molecule has 2 aromatic carbocycles. The Labute approximate surface area is 107 Å². The van der Waals surface area contributed by atoms with Crippen LogP contribution >= 0.6 is 0 Å². The number of benzene rings is 2. The molecule has 0 saturated heterocycles. The van der Waals surface area contributed by atoms with Gasteiger partial charge in [-0.1, -0.05) is 12.1 Å². The highest BCUT2D eigenvalue weighted by molar-refractivity contribution is 5.81. The first-order valence-corrected chi connectivity index (χ1v) is 5.72. The highest BCUT2D eigenvalue weighted by atomic mass is 19.1. The van der Waals surface area contributed by atoms with Crippen LogP contribution in [0.4, 0.5) is 8.78 Å². The van der Waals surface area contributed by atoms with Crippen LogP contribution in [-0.4, -0.2) is 4.98 Å². The number of hydrogen-bond donors (Lipinski definition) is 1. The first kappa shape index (κ1) is 11.6. The second-order valence-electron chi connectivity index (χ2n) is 4.25. The van der Waals surface area contributed by atoms with Gasteiger partial charge in [0.15, 0.2) is 5.43 Å². The zero-order valence-electron chi connectivity index (χ0n) is 9.78. The Kier molecular flexibility index (Phi) is 2.63. The van der Waals surface area contributed by atoms with Crippen molar-refractivity contribution in [2.24, 2.45) is 0 Å². The first-order valence-electron chi connectivity index (χ1n) is 5.72. The summed E-state index contributed by atoms with van der Waals surface area (Å²) in [5.74, 6) is -0.839. The lowest BCUT2D eigenvalue weighted by molar-refractivity contribution is 0.628. The second-order valence-corrected chi connectivity index (χ2v) is 4.25. The standard InChI is InChI=1S/C15H9F2NO/c16-10-3-1-2-9(6-10)14-8-15(19)12-7-11(17)4-5-13(12)18-14/h1-8H,(H,18,19). The lowest BCUT2D eigenvalue weighted by Gasteiger charge is -2.05. The minimum Gasteiger partial charge on any atom is -0.354 e. The van der Waals surface area contributed by atoms with E-state index in [0.29, 0.717) is 16.8 Å². The number of fused-ring (bicyclic) bond motifs is 1. The molecule has 0 fully saturated rings. The van der Waals surface area contributed by atoms with Gasteiger partial charge in [0.05, 0.1) is 0 Å². The number of H-pyrrole nitrogens is 1. The monoisotopic (exact) mass is 257 g/mol. The SMILES string of the molecule is O=c1cc(-c2cccc(F)c2)[nH]c2ccc(F)cc12. The van der Waals surface area contributed by atoms with Crippen LogP contribution in [0, 0.1) is 11.6 Å². The predicted molar refractivity (Wildman–Crippen MR) is 69.9 cm³/mol. The van der Waals surface area contributed by atoms with Crippen molar-refractivity contribution < 1.29 is 8.78 Å². The third-order valence-electron chi connectivity index (χ3n) is 2.93. The van der Waals surface area contributed by atoms with Gasteiger partial charge in [0.1, 0.15) is 11.6 Å². The minimum atomic E-state index is -0.462. The van der Waals surface area contributed by atoms with E-state index < -0.39 is 5.82 Å². The quantitative estimate of drug-likeness (QED) is 0.711. The maximum atomic E-state index is 13.2. The number of rotatable bonds is 1. The van der Waals surface area contributed by atoms with Crippen LogP contribution in [0.15, 0.2) is 53.3 Å². The molecule has 0 aliphatic heterocycles. The largest absolute Gasteiger partial charge is 0.354 e. The lowest BCUT2D eigenvalue weighted by Crippen LogP contribution is -2.03. The smallest absolute Gasteiger partial charge is 0.190 e. The molecule has 0 saturated carbocycles. The van der Waals surface area contributed by atoms with Crippen molar-refractivity contribution >= 4 is 10.9 Å². The summed E-state index contributed by atoms with van der Waals surface area (Å²) in [6, 6.07) is 11.2. The van der Waals surface area contributed by atoms with Crippen LogP contribution in [0.5, 0.6) is 0 Å². The molecule has 1 heterocycles. The summed E-state index contributed by atoms with van der Waals surface area (Å²) in [6.07, 6.45) is 0. The van der Waals surface area contributed by atoms with Gasteiger partial charge < -0.3 is 4.98 Å². The van der Waals surface area contributed by atoms with Crippen molar-refractivity contribution in [2.75, 3.05) is 0 Å². The Morgan fingerprint density at radius 1 is 0.895 bits per heavy atom. The summed E-state index contributed by atoms with van der Waals surface area (Å²) in [7, 11) is 0. The molecule has 94 valence electrons. The van der Waals surface area contributed by atoms with Crippen LogP contribution < -0.4 is 5.43 Å². The van der Waals surface area contributed by atoms with Gasteiger partial charge in [0.25, 0.3) is 0 Å². The van der Waals surface area contributed by atoms with E-state index >= 15 is 0 Å². The van der Waals surface area contributed by atoms with Gasteiger partial charge in [0, 0.05) is 28.2 Å². The molecule has 0 amide bonds. The highest BCUT2D eigenvalue weighted by Crippen LogP contribution is 2.19. The molecule has 2 nitrogen and oxygen atoms in total. The van der Waals surface area contributed by atoms with Gasteiger partial charge in [-0.05, 0) is 30.3 Å². The van der Waals surface area contributed by atoms with Gasteiger partial charge >= 0.3 is 0 Å². The van der Waals surface area contributed by atoms with Crippen LogP contribution in [0.1, 0.15) is 0 Å². The Morgan fingerprint density at radius 3 is 2.47 bits per heavy atom. The normalized spacial score (nSPS) is 10.8. The maximum Gasteiger partial charge on any atom is 0.190 e. The summed E-state index contributed by atoms with van der Waals surface area (Å²) in [5.41, 5.74) is 1.30. The fourth-order valence-corrected chi connectivity index (χ4v) is 2.03. The van der Waals surface area contributed by atoms with E-state index in [-0.39, 0.29) is 16.6 Å². The van der Waals surface area contributed by atoms with E-state index in [2.05, 4.69) is 4.98 Å². The van der Waals surface area contributed by atoms with E-state index in [1.54, 1.807) is 12.1 Å². The Hall–Kier alpha value is -2.49. The number of halogens is 2. The minimum absolute atomic E-state index is 0.278. The topological polar surface area (TPSA) is 32.9 Å². The van der Waals surface area contributed by atoms with Crippen LogP contribution in [0.25, 0.3) is 22.2 Å². The first-order chi connectivity index (χ1) is 9.13. The van der Waals surface area contributed by atoms with E-state index in [4.69, 9.17) is 0 Å². The molecule has 0 atom stereocenters. The zero-order valence-corrected chi connectivity index (χ0v) is 9.78. The molecule has 0 aliphatic carbocycles. The van der Waals surface area contributed by atoms with Crippen molar-refractivity contribution in [3.8, 4) is 11.3 Å². The van der Waals surface area contributed by atoms with Crippen LogP contribution in [0.3, 0.4) is 0 Å². The molecule has 0 radical (unpaired) electrons. The average Bonchev–Trinajstić information content (AvgIpc) is 2.39. The van der Waals surface area contributed by atoms with Crippen LogP contribution in [0.2, 0.25) is 0 Å². The van der Waals surface area contributed by atoms with Gasteiger partial charge in [-0.25, -0.2) is 8.78 Å². The molecular weight excluding hydrogens is 248 g/mol. The zero-order chi connectivity index (χ0) is 13.4. The molecule has 0 bridgehead atoms. The van der Waals surface area contributed by atoms with E-state index in [1.807, 2.05) is 0 Å². The van der Waals surface area contributed by atoms with Crippen molar-refractivity contribution in [2.45, 2.75) is 0 Å².